The van der Waals surface area contributed by atoms with Gasteiger partial charge in [0.25, 0.3) is 0 Å². The summed E-state index contributed by atoms with van der Waals surface area (Å²) in [7, 11) is 0. The van der Waals surface area contributed by atoms with Crippen LogP contribution in [0.4, 0.5) is 24.7 Å². The molecule has 0 radical (unpaired) electrons. The molecule has 0 amide bonds. The first-order chi connectivity index (χ1) is 14.0. The van der Waals surface area contributed by atoms with Crippen molar-refractivity contribution in [2.24, 2.45) is 0 Å². The molecule has 29 heavy (non-hydrogen) atoms. The normalized spacial score (nSPS) is 13.2. The standard InChI is InChI=1S/C20H20F3N5O/c1-2-3-4-6-14(20(21,22)23)17-13-9-8-12(11-16(13)29-28-17)25-19-18-15(26-27-19)7-5-10-24-18/h5,7-11,14H,2-4,6H2,1H3,(H2,25,26,27). The molecule has 0 aliphatic rings. The Bertz CT molecular complexity index is 1120. The van der Waals surface area contributed by atoms with Gasteiger partial charge < -0.3 is 9.84 Å². The summed E-state index contributed by atoms with van der Waals surface area (Å²) in [4.78, 5) is 4.27. The molecule has 0 saturated carbocycles. The number of unbranched alkanes of at least 4 members (excludes halogenated alkanes) is 2. The van der Waals surface area contributed by atoms with E-state index >= 15 is 0 Å². The summed E-state index contributed by atoms with van der Waals surface area (Å²) in [5.41, 5.74) is 2.30. The quantitative estimate of drug-likeness (QED) is 0.366. The lowest BCUT2D eigenvalue weighted by atomic mass is 9.95. The van der Waals surface area contributed by atoms with Crippen LogP contribution in [0.15, 0.2) is 41.1 Å². The molecule has 0 bridgehead atoms. The van der Waals surface area contributed by atoms with Crippen molar-refractivity contribution in [3.63, 3.8) is 0 Å². The zero-order valence-electron chi connectivity index (χ0n) is 15.8. The second-order valence-electron chi connectivity index (χ2n) is 6.97. The summed E-state index contributed by atoms with van der Waals surface area (Å²) in [6, 6.07) is 8.55. The maximum Gasteiger partial charge on any atom is 0.397 e. The Morgan fingerprint density at radius 1 is 1.21 bits per heavy atom. The van der Waals surface area contributed by atoms with Crippen molar-refractivity contribution < 1.29 is 17.7 Å². The second-order valence-corrected chi connectivity index (χ2v) is 6.97. The fourth-order valence-electron chi connectivity index (χ4n) is 3.42. The molecule has 1 atom stereocenters. The molecule has 1 unspecified atom stereocenters. The maximum absolute atomic E-state index is 13.6. The van der Waals surface area contributed by atoms with Gasteiger partial charge in [0.15, 0.2) is 11.4 Å². The lowest BCUT2D eigenvalue weighted by Gasteiger charge is -2.18. The molecule has 4 aromatic rings. The Morgan fingerprint density at radius 3 is 2.86 bits per heavy atom. The van der Waals surface area contributed by atoms with Crippen molar-refractivity contribution in [3.05, 3.63) is 42.2 Å². The van der Waals surface area contributed by atoms with Gasteiger partial charge in [-0.2, -0.15) is 18.3 Å². The van der Waals surface area contributed by atoms with Gasteiger partial charge in [-0.3, -0.25) is 10.1 Å². The number of aromatic amines is 1. The predicted octanol–water partition coefficient (Wildman–Crippen LogP) is 6.07. The molecule has 3 aromatic heterocycles. The van der Waals surface area contributed by atoms with E-state index in [1.165, 1.54) is 0 Å². The number of anilines is 2. The predicted molar refractivity (Wildman–Crippen MR) is 104 cm³/mol. The Balaban J connectivity index is 1.62. The van der Waals surface area contributed by atoms with Gasteiger partial charge in [-0.25, -0.2) is 0 Å². The van der Waals surface area contributed by atoms with Gasteiger partial charge >= 0.3 is 6.18 Å². The van der Waals surface area contributed by atoms with E-state index in [2.05, 4.69) is 25.7 Å². The van der Waals surface area contributed by atoms with Crippen molar-refractivity contribution in [1.29, 1.82) is 0 Å². The van der Waals surface area contributed by atoms with Crippen LogP contribution in [0.5, 0.6) is 0 Å². The number of nitrogens with zero attached hydrogens (tertiary/aromatic N) is 3. The molecule has 6 nitrogen and oxygen atoms in total. The smallest absolute Gasteiger partial charge is 0.356 e. The highest BCUT2D eigenvalue weighted by atomic mass is 19.4. The third-order valence-electron chi connectivity index (χ3n) is 4.90. The van der Waals surface area contributed by atoms with E-state index in [9.17, 15) is 13.2 Å². The van der Waals surface area contributed by atoms with Crippen molar-refractivity contribution in [3.8, 4) is 0 Å². The van der Waals surface area contributed by atoms with E-state index in [0.29, 0.717) is 34.4 Å². The van der Waals surface area contributed by atoms with E-state index in [1.54, 1.807) is 30.5 Å². The molecule has 0 spiro atoms. The lowest BCUT2D eigenvalue weighted by Crippen LogP contribution is -2.21. The van der Waals surface area contributed by atoms with Crippen molar-refractivity contribution >= 4 is 33.5 Å². The molecular formula is C20H20F3N5O. The van der Waals surface area contributed by atoms with Gasteiger partial charge in [-0.05, 0) is 30.7 Å². The minimum atomic E-state index is -4.37. The molecule has 4 rings (SSSR count). The summed E-state index contributed by atoms with van der Waals surface area (Å²) in [6.07, 6.45) is -0.603. The van der Waals surface area contributed by atoms with Crippen LogP contribution in [-0.2, 0) is 0 Å². The maximum atomic E-state index is 13.6. The topological polar surface area (TPSA) is 79.6 Å². The number of rotatable bonds is 7. The molecule has 1 aromatic carbocycles. The number of pyridine rings is 1. The van der Waals surface area contributed by atoms with Gasteiger partial charge in [-0.1, -0.05) is 31.3 Å². The Kier molecular flexibility index (Phi) is 5.12. The van der Waals surface area contributed by atoms with Crippen LogP contribution in [0.1, 0.15) is 44.2 Å². The molecule has 0 aliphatic carbocycles. The van der Waals surface area contributed by atoms with E-state index in [1.807, 2.05) is 13.0 Å². The SMILES string of the molecule is CCCCCC(c1noc2cc(Nc3n[nH]c4cccnc34)ccc12)C(F)(F)F. The van der Waals surface area contributed by atoms with Crippen LogP contribution >= 0.6 is 0 Å². The van der Waals surface area contributed by atoms with E-state index in [-0.39, 0.29) is 12.1 Å². The van der Waals surface area contributed by atoms with Gasteiger partial charge in [0.2, 0.25) is 0 Å². The largest absolute Gasteiger partial charge is 0.397 e. The zero-order valence-corrected chi connectivity index (χ0v) is 15.8. The van der Waals surface area contributed by atoms with Gasteiger partial charge in [0, 0.05) is 23.3 Å². The van der Waals surface area contributed by atoms with Gasteiger partial charge in [0.05, 0.1) is 5.52 Å². The van der Waals surface area contributed by atoms with Gasteiger partial charge in [-0.15, -0.1) is 0 Å². The third kappa shape index (κ3) is 3.90. The number of aromatic nitrogens is 4. The average Bonchev–Trinajstić information content (AvgIpc) is 3.29. The molecule has 0 fully saturated rings. The molecule has 152 valence electrons. The van der Waals surface area contributed by atoms with Crippen LogP contribution in [0.25, 0.3) is 22.0 Å². The summed E-state index contributed by atoms with van der Waals surface area (Å²) in [5.74, 6) is -1.11. The number of fused-ring (bicyclic) bond motifs is 2. The number of benzene rings is 1. The minimum Gasteiger partial charge on any atom is -0.356 e. The number of nitrogens with one attached hydrogen (secondary N) is 2. The zero-order chi connectivity index (χ0) is 20.4. The Labute approximate surface area is 164 Å². The van der Waals surface area contributed by atoms with Crippen LogP contribution < -0.4 is 5.32 Å². The van der Waals surface area contributed by atoms with Crippen LogP contribution in [-0.4, -0.2) is 26.5 Å². The summed E-state index contributed by atoms with van der Waals surface area (Å²) in [6.45, 7) is 1.96. The minimum absolute atomic E-state index is 0.00387. The highest BCUT2D eigenvalue weighted by Crippen LogP contribution is 2.41. The number of alkyl halides is 3. The highest BCUT2D eigenvalue weighted by molar-refractivity contribution is 5.89. The van der Waals surface area contributed by atoms with Crippen LogP contribution in [0.2, 0.25) is 0 Å². The highest BCUT2D eigenvalue weighted by Gasteiger charge is 2.43. The molecule has 3 heterocycles. The first-order valence-corrected chi connectivity index (χ1v) is 9.49. The second kappa shape index (κ2) is 7.73. The first-order valence-electron chi connectivity index (χ1n) is 9.49. The number of H-pyrrole nitrogens is 1. The summed E-state index contributed by atoms with van der Waals surface area (Å²) < 4.78 is 46.1. The molecular weight excluding hydrogens is 383 g/mol. The molecule has 9 heteroatoms. The van der Waals surface area contributed by atoms with E-state index < -0.39 is 12.1 Å². The average molecular weight is 403 g/mol. The number of hydrogen-bond donors (Lipinski definition) is 2. The van der Waals surface area contributed by atoms with Crippen LogP contribution in [0, 0.1) is 0 Å². The summed E-state index contributed by atoms with van der Waals surface area (Å²) >= 11 is 0. The molecule has 0 saturated heterocycles. The number of hydrogen-bond acceptors (Lipinski definition) is 5. The first kappa shape index (κ1) is 19.2. The van der Waals surface area contributed by atoms with Gasteiger partial charge in [0.1, 0.15) is 17.1 Å². The molecule has 0 aliphatic heterocycles. The lowest BCUT2D eigenvalue weighted by molar-refractivity contribution is -0.153. The number of halogens is 3. The Morgan fingerprint density at radius 2 is 2.07 bits per heavy atom. The van der Waals surface area contributed by atoms with Crippen molar-refractivity contribution in [2.75, 3.05) is 5.32 Å². The van der Waals surface area contributed by atoms with Crippen molar-refractivity contribution in [1.82, 2.24) is 20.3 Å². The fourth-order valence-corrected chi connectivity index (χ4v) is 3.42. The fraction of sp³-hybridized carbons (Fsp3) is 0.350. The van der Waals surface area contributed by atoms with Crippen molar-refractivity contribution in [2.45, 2.75) is 44.7 Å². The molecule has 2 N–H and O–H groups in total. The third-order valence-corrected chi connectivity index (χ3v) is 4.90. The summed E-state index contributed by atoms with van der Waals surface area (Å²) in [5, 5.41) is 14.3. The Hall–Kier alpha value is -3.10. The van der Waals surface area contributed by atoms with Crippen LogP contribution in [0.3, 0.4) is 0 Å². The monoisotopic (exact) mass is 403 g/mol. The van der Waals surface area contributed by atoms with E-state index in [0.717, 1.165) is 18.4 Å². The van der Waals surface area contributed by atoms with E-state index in [4.69, 9.17) is 4.52 Å².